The minimum absolute atomic E-state index is 0.542. The number of halogens is 2. The Morgan fingerprint density at radius 3 is 2.36 bits per heavy atom. The lowest BCUT2D eigenvalue weighted by atomic mass is 10.1. The van der Waals surface area contributed by atoms with Crippen LogP contribution in [0.1, 0.15) is 5.56 Å². The van der Waals surface area contributed by atoms with Crippen molar-refractivity contribution in [2.45, 2.75) is 6.42 Å². The highest BCUT2D eigenvalue weighted by atomic mass is 35.5. The molecule has 1 N–H and O–H groups in total. The number of nitrogens with zero attached hydrogens (tertiary/aromatic N) is 2. The summed E-state index contributed by atoms with van der Waals surface area (Å²) >= 11 is 12.6. The second-order valence-corrected chi connectivity index (χ2v) is 7.12. The zero-order valence-electron chi connectivity index (χ0n) is 15.7. The van der Waals surface area contributed by atoms with E-state index >= 15 is 0 Å². The van der Waals surface area contributed by atoms with Crippen molar-refractivity contribution in [2.24, 2.45) is 0 Å². The van der Waals surface area contributed by atoms with E-state index in [1.807, 2.05) is 12.1 Å². The number of methoxy groups -OCH3 is 3. The van der Waals surface area contributed by atoms with Crippen molar-refractivity contribution in [3.63, 3.8) is 0 Å². The second kappa shape index (κ2) is 7.45. The Labute approximate surface area is 172 Å². The predicted molar refractivity (Wildman–Crippen MR) is 111 cm³/mol. The van der Waals surface area contributed by atoms with Crippen LogP contribution in [0.3, 0.4) is 0 Å². The van der Waals surface area contributed by atoms with Crippen molar-refractivity contribution in [1.82, 2.24) is 9.78 Å². The monoisotopic (exact) mass is 419 g/mol. The van der Waals surface area contributed by atoms with E-state index in [-0.39, 0.29) is 0 Å². The first kappa shape index (κ1) is 18.8. The molecule has 28 heavy (non-hydrogen) atoms. The summed E-state index contributed by atoms with van der Waals surface area (Å²) in [5.74, 6) is 2.60. The summed E-state index contributed by atoms with van der Waals surface area (Å²) in [6.07, 6.45) is 0.847. The van der Waals surface area contributed by atoms with E-state index < -0.39 is 0 Å². The van der Waals surface area contributed by atoms with Gasteiger partial charge in [0.2, 0.25) is 5.75 Å². The topological polar surface area (TPSA) is 57.5 Å². The minimum Gasteiger partial charge on any atom is -0.493 e. The van der Waals surface area contributed by atoms with Gasteiger partial charge in [-0.05, 0) is 36.8 Å². The summed E-state index contributed by atoms with van der Waals surface area (Å²) in [5.41, 5.74) is 3.52. The third kappa shape index (κ3) is 3.02. The van der Waals surface area contributed by atoms with Crippen molar-refractivity contribution in [3.8, 4) is 34.2 Å². The van der Waals surface area contributed by atoms with Gasteiger partial charge in [-0.15, -0.1) is 0 Å². The van der Waals surface area contributed by atoms with E-state index in [1.165, 1.54) is 0 Å². The molecule has 0 saturated carbocycles. The number of rotatable bonds is 5. The number of aromatic nitrogens is 2. The summed E-state index contributed by atoms with van der Waals surface area (Å²) < 4.78 is 18.2. The van der Waals surface area contributed by atoms with Gasteiger partial charge in [0.25, 0.3) is 0 Å². The summed E-state index contributed by atoms with van der Waals surface area (Å²) in [7, 11) is 4.77. The smallest absolute Gasteiger partial charge is 0.203 e. The summed E-state index contributed by atoms with van der Waals surface area (Å²) in [4.78, 5) is 0. The molecule has 0 spiro atoms. The average Bonchev–Trinajstić information content (AvgIpc) is 3.31. The van der Waals surface area contributed by atoms with Gasteiger partial charge in [-0.3, -0.25) is 0 Å². The summed E-state index contributed by atoms with van der Waals surface area (Å²) in [5, 5.41) is 9.40. The first-order valence-corrected chi connectivity index (χ1v) is 9.44. The molecule has 146 valence electrons. The van der Waals surface area contributed by atoms with Gasteiger partial charge in [-0.1, -0.05) is 23.2 Å². The van der Waals surface area contributed by atoms with E-state index in [9.17, 15) is 0 Å². The fraction of sp³-hybridized carbons (Fsp3) is 0.250. The molecule has 2 heterocycles. The van der Waals surface area contributed by atoms with Gasteiger partial charge >= 0.3 is 0 Å². The molecule has 1 aliphatic heterocycles. The zero-order chi connectivity index (χ0) is 19.8. The summed E-state index contributed by atoms with van der Waals surface area (Å²) in [6, 6.07) is 9.11. The van der Waals surface area contributed by atoms with Crippen LogP contribution in [0.25, 0.3) is 16.9 Å². The predicted octanol–water partition coefficient (Wildman–Crippen LogP) is 4.84. The van der Waals surface area contributed by atoms with Crippen LogP contribution in [0, 0.1) is 0 Å². The molecule has 0 amide bonds. The molecule has 0 bridgehead atoms. The van der Waals surface area contributed by atoms with E-state index in [4.69, 9.17) is 42.5 Å². The van der Waals surface area contributed by atoms with Crippen molar-refractivity contribution < 1.29 is 14.2 Å². The highest BCUT2D eigenvalue weighted by molar-refractivity contribution is 6.34. The van der Waals surface area contributed by atoms with Crippen LogP contribution in [0.4, 0.5) is 5.82 Å². The third-order valence-electron chi connectivity index (χ3n) is 4.73. The van der Waals surface area contributed by atoms with Gasteiger partial charge in [0.15, 0.2) is 11.5 Å². The molecule has 0 atom stereocenters. The molecule has 0 aliphatic carbocycles. The molecule has 0 radical (unpaired) electrons. The summed E-state index contributed by atoms with van der Waals surface area (Å²) in [6.45, 7) is 0.822. The number of hydrogen-bond donors (Lipinski definition) is 1. The fourth-order valence-electron chi connectivity index (χ4n) is 3.45. The molecule has 0 unspecified atom stereocenters. The number of benzene rings is 2. The number of ether oxygens (including phenoxy) is 3. The van der Waals surface area contributed by atoms with Gasteiger partial charge in [-0.25, -0.2) is 4.68 Å². The van der Waals surface area contributed by atoms with Crippen LogP contribution in [0.2, 0.25) is 10.0 Å². The fourth-order valence-corrected chi connectivity index (χ4v) is 3.81. The Morgan fingerprint density at radius 1 is 1.00 bits per heavy atom. The zero-order valence-corrected chi connectivity index (χ0v) is 17.2. The molecule has 3 aromatic rings. The normalized spacial score (nSPS) is 12.5. The maximum absolute atomic E-state index is 6.42. The van der Waals surface area contributed by atoms with Crippen molar-refractivity contribution in [3.05, 3.63) is 45.9 Å². The molecule has 0 saturated heterocycles. The Balaban J connectivity index is 1.92. The number of nitrogens with one attached hydrogen (secondary N) is 1. The van der Waals surface area contributed by atoms with Crippen LogP contribution in [0.5, 0.6) is 17.2 Å². The molecule has 8 heteroatoms. The molecule has 0 fully saturated rings. The van der Waals surface area contributed by atoms with Gasteiger partial charge < -0.3 is 19.5 Å². The van der Waals surface area contributed by atoms with E-state index in [0.717, 1.165) is 41.3 Å². The molecule has 6 nitrogen and oxygen atoms in total. The highest BCUT2D eigenvalue weighted by Crippen LogP contribution is 2.44. The Morgan fingerprint density at radius 2 is 1.71 bits per heavy atom. The van der Waals surface area contributed by atoms with Crippen LogP contribution in [-0.2, 0) is 6.42 Å². The molecule has 4 rings (SSSR count). The Hall–Kier alpha value is -2.57. The largest absolute Gasteiger partial charge is 0.493 e. The van der Waals surface area contributed by atoms with Crippen LogP contribution >= 0.6 is 23.2 Å². The average molecular weight is 420 g/mol. The van der Waals surface area contributed by atoms with Gasteiger partial charge in [0.05, 0.1) is 37.7 Å². The minimum atomic E-state index is 0.542. The molecular formula is C20H19Cl2N3O3. The van der Waals surface area contributed by atoms with Gasteiger partial charge in [0, 0.05) is 22.7 Å². The van der Waals surface area contributed by atoms with E-state index in [2.05, 4.69) is 5.32 Å². The maximum Gasteiger partial charge on any atom is 0.203 e. The lowest BCUT2D eigenvalue weighted by molar-refractivity contribution is 0.324. The number of anilines is 1. The van der Waals surface area contributed by atoms with Crippen LogP contribution in [0.15, 0.2) is 30.3 Å². The molecule has 1 aromatic heterocycles. The lowest BCUT2D eigenvalue weighted by Gasteiger charge is -2.13. The number of fused-ring (bicyclic) bond motifs is 1. The second-order valence-electron chi connectivity index (χ2n) is 6.27. The van der Waals surface area contributed by atoms with Crippen molar-refractivity contribution in [1.29, 1.82) is 0 Å². The quantitative estimate of drug-likeness (QED) is 0.640. The van der Waals surface area contributed by atoms with E-state index in [0.29, 0.717) is 27.3 Å². The van der Waals surface area contributed by atoms with Gasteiger partial charge in [0.1, 0.15) is 5.82 Å². The first-order chi connectivity index (χ1) is 13.6. The number of hydrogen-bond acceptors (Lipinski definition) is 5. The van der Waals surface area contributed by atoms with Crippen molar-refractivity contribution in [2.75, 3.05) is 33.2 Å². The lowest BCUT2D eigenvalue weighted by Crippen LogP contribution is -2.05. The van der Waals surface area contributed by atoms with Crippen LogP contribution < -0.4 is 19.5 Å². The molecule has 1 aliphatic rings. The van der Waals surface area contributed by atoms with E-state index in [1.54, 1.807) is 44.2 Å². The Kier molecular flexibility index (Phi) is 5.00. The highest BCUT2D eigenvalue weighted by Gasteiger charge is 2.26. The first-order valence-electron chi connectivity index (χ1n) is 8.69. The standard InChI is InChI=1S/C20H19Cl2N3O3/c1-26-16-8-11(9-17(27-2)19(16)28-3)18-13-6-7-23-20(13)25(24-18)15-10-12(21)4-5-14(15)22/h4-5,8-10,23H,6-7H2,1-3H3. The maximum atomic E-state index is 6.42. The van der Waals surface area contributed by atoms with Crippen LogP contribution in [-0.4, -0.2) is 37.7 Å². The van der Waals surface area contributed by atoms with Crippen molar-refractivity contribution >= 4 is 29.0 Å². The Bertz CT molecular complexity index is 1020. The SMILES string of the molecule is COc1cc(-c2nn(-c3cc(Cl)ccc3Cl)c3c2CCN3)cc(OC)c1OC. The molecular weight excluding hydrogens is 401 g/mol. The van der Waals surface area contributed by atoms with Gasteiger partial charge in [-0.2, -0.15) is 5.10 Å². The molecule has 2 aromatic carbocycles. The third-order valence-corrected chi connectivity index (χ3v) is 5.28.